The monoisotopic (exact) mass is 853 g/mol. The second kappa shape index (κ2) is 19.0. The number of ether oxygens (including phenoxy) is 1. The van der Waals surface area contributed by atoms with Crippen molar-refractivity contribution in [2.75, 3.05) is 16.4 Å². The maximum atomic E-state index is 14.4. The molecule has 0 unspecified atom stereocenters. The van der Waals surface area contributed by atoms with Crippen LogP contribution < -0.4 is 16.0 Å². The first-order chi connectivity index (χ1) is 27.9. The van der Waals surface area contributed by atoms with Gasteiger partial charge in [0.25, 0.3) is 0 Å². The Balaban J connectivity index is 1.34. The number of thioether (sulfide) groups is 1. The number of nitrogens with one attached hydrogen (secondary N) is 3. The van der Waals surface area contributed by atoms with Crippen LogP contribution in [0.1, 0.15) is 58.9 Å². The molecule has 0 aliphatic heterocycles. The second-order valence-corrected chi connectivity index (χ2v) is 16.7. The number of hydrogen-bond acceptors (Lipinski definition) is 6. The molecule has 10 heteroatoms. The van der Waals surface area contributed by atoms with Crippen LogP contribution in [0.4, 0.5) is 16.2 Å². The van der Waals surface area contributed by atoms with E-state index in [1.54, 1.807) is 63.2 Å². The molecule has 0 fully saturated rings. The van der Waals surface area contributed by atoms with Gasteiger partial charge in [0.2, 0.25) is 11.8 Å². The van der Waals surface area contributed by atoms with E-state index in [0.717, 1.165) is 26.7 Å². The molecule has 3 N–H and O–H groups in total. The summed E-state index contributed by atoms with van der Waals surface area (Å²) in [5.41, 5.74) is 4.18. The molecule has 8 nitrogen and oxygen atoms in total. The smallest absolute Gasteiger partial charge is 0.408 e. The number of amides is 3. The van der Waals surface area contributed by atoms with Crippen molar-refractivity contribution in [3.05, 3.63) is 202 Å². The first-order valence-electron chi connectivity index (χ1n) is 18.8. The lowest BCUT2D eigenvalue weighted by atomic mass is 9.84. The number of alkyl carbamates (subject to hydrolysis) is 1. The molecule has 6 rings (SSSR count). The summed E-state index contributed by atoms with van der Waals surface area (Å²) in [5, 5.41) is 8.67. The normalized spacial score (nSPS) is 11.9. The summed E-state index contributed by atoms with van der Waals surface area (Å²) in [6, 6.07) is 50.0. The number of halogens is 1. The van der Waals surface area contributed by atoms with Crippen LogP contribution in [-0.4, -0.2) is 41.1 Å². The highest BCUT2D eigenvalue weighted by Gasteiger charge is 2.39. The fourth-order valence-corrected chi connectivity index (χ4v) is 8.31. The van der Waals surface area contributed by atoms with Gasteiger partial charge in [-0.05, 0) is 73.4 Å². The molecule has 0 saturated heterocycles. The molecule has 0 bridgehead atoms. The van der Waals surface area contributed by atoms with Gasteiger partial charge in [-0.2, -0.15) is 0 Å². The lowest BCUT2D eigenvalue weighted by Gasteiger charge is -2.36. The van der Waals surface area contributed by atoms with E-state index in [4.69, 9.17) is 4.74 Å². The molecular weight excluding hydrogens is 811 g/mol. The van der Waals surface area contributed by atoms with E-state index in [2.05, 4.69) is 68.3 Å². The SMILES string of the molecule is CC(C)(C)OC(=O)N[C@@H](CSC(c1ccccc1)(c1ccccc1)c1ccccc1)C(=O)Nc1ccc(NC(=O)Cc2ccc(Br)cc2)c(C(=O)c2ccccc2)c1. The molecule has 58 heavy (non-hydrogen) atoms. The third-order valence-corrected chi connectivity index (χ3v) is 11.3. The lowest BCUT2D eigenvalue weighted by molar-refractivity contribution is -0.118. The summed E-state index contributed by atoms with van der Waals surface area (Å²) in [6.07, 6.45) is -0.654. The fourth-order valence-electron chi connectivity index (χ4n) is 6.48. The van der Waals surface area contributed by atoms with Crippen LogP contribution in [0.25, 0.3) is 0 Å². The third kappa shape index (κ3) is 10.7. The maximum absolute atomic E-state index is 14.4. The topological polar surface area (TPSA) is 114 Å². The van der Waals surface area contributed by atoms with Gasteiger partial charge in [0, 0.05) is 27.0 Å². The van der Waals surface area contributed by atoms with Crippen molar-refractivity contribution in [2.45, 2.75) is 43.6 Å². The van der Waals surface area contributed by atoms with Crippen molar-refractivity contribution < 1.29 is 23.9 Å². The van der Waals surface area contributed by atoms with Crippen LogP contribution in [0, 0.1) is 0 Å². The van der Waals surface area contributed by atoms with Gasteiger partial charge < -0.3 is 20.7 Å². The number of ketones is 1. The predicted molar refractivity (Wildman–Crippen MR) is 236 cm³/mol. The zero-order chi connectivity index (χ0) is 41.1. The summed E-state index contributed by atoms with van der Waals surface area (Å²) in [7, 11) is 0. The molecular formula is C48H44BrN3O5S. The highest BCUT2D eigenvalue weighted by Crippen LogP contribution is 2.48. The second-order valence-electron chi connectivity index (χ2n) is 14.6. The number of rotatable bonds is 14. The molecule has 1 atom stereocenters. The number of hydrogen-bond donors (Lipinski definition) is 3. The Hall–Kier alpha value is -5.97. The van der Waals surface area contributed by atoms with Crippen molar-refractivity contribution in [1.29, 1.82) is 0 Å². The maximum Gasteiger partial charge on any atom is 0.408 e. The van der Waals surface area contributed by atoms with Gasteiger partial charge in [-0.3, -0.25) is 14.4 Å². The predicted octanol–water partition coefficient (Wildman–Crippen LogP) is 10.4. The molecule has 6 aromatic rings. The average Bonchev–Trinajstić information content (AvgIpc) is 3.22. The highest BCUT2D eigenvalue weighted by atomic mass is 79.9. The van der Waals surface area contributed by atoms with E-state index >= 15 is 0 Å². The van der Waals surface area contributed by atoms with Crippen LogP contribution in [0.2, 0.25) is 0 Å². The van der Waals surface area contributed by atoms with E-state index in [1.807, 2.05) is 84.9 Å². The summed E-state index contributed by atoms with van der Waals surface area (Å²) in [4.78, 5) is 55.0. The van der Waals surface area contributed by atoms with Crippen LogP contribution in [0.5, 0.6) is 0 Å². The largest absolute Gasteiger partial charge is 0.444 e. The third-order valence-electron chi connectivity index (χ3n) is 9.13. The molecule has 0 aliphatic rings. The Labute approximate surface area is 351 Å². The molecule has 0 saturated carbocycles. The minimum Gasteiger partial charge on any atom is -0.444 e. The van der Waals surface area contributed by atoms with E-state index in [9.17, 15) is 19.2 Å². The summed E-state index contributed by atoms with van der Waals surface area (Å²) < 4.78 is 5.75. The Morgan fingerprint density at radius 1 is 0.655 bits per heavy atom. The molecule has 0 aromatic heterocycles. The van der Waals surface area contributed by atoms with Crippen LogP contribution in [-0.2, 0) is 25.5 Å². The average molecular weight is 855 g/mol. The van der Waals surface area contributed by atoms with Crippen molar-refractivity contribution in [3.8, 4) is 0 Å². The molecule has 3 amide bonds. The van der Waals surface area contributed by atoms with Gasteiger partial charge in [-0.15, -0.1) is 11.8 Å². The lowest BCUT2D eigenvalue weighted by Crippen LogP contribution is -2.48. The molecule has 294 valence electrons. The van der Waals surface area contributed by atoms with Crippen molar-refractivity contribution >= 4 is 62.8 Å². The highest BCUT2D eigenvalue weighted by molar-refractivity contribution is 9.10. The van der Waals surface area contributed by atoms with Gasteiger partial charge in [0.1, 0.15) is 11.6 Å². The molecule has 0 heterocycles. The van der Waals surface area contributed by atoms with Crippen molar-refractivity contribution in [2.24, 2.45) is 0 Å². The standard InChI is InChI=1S/C48H44BrN3O5S/c1-47(2,3)57-46(56)52-42(32-58-48(35-18-10-5-11-19-35,36-20-12-6-13-21-36)37-22-14-7-15-23-37)45(55)50-39-28-29-41(40(31-39)44(54)34-16-8-4-9-17-34)51-43(53)30-33-24-26-38(49)27-25-33/h4-29,31,42H,30,32H2,1-3H3,(H,50,55)(H,51,53)(H,52,56)/t42-/m0/s1. The summed E-state index contributed by atoms with van der Waals surface area (Å²) >= 11 is 4.93. The van der Waals surface area contributed by atoms with E-state index in [1.165, 1.54) is 11.8 Å². The summed E-state index contributed by atoms with van der Waals surface area (Å²) in [5.74, 6) is -1.04. The number of carbonyl (C=O) groups excluding carboxylic acids is 4. The molecule has 0 spiro atoms. The Morgan fingerprint density at radius 3 is 1.69 bits per heavy atom. The first-order valence-corrected chi connectivity index (χ1v) is 20.6. The van der Waals surface area contributed by atoms with E-state index in [-0.39, 0.29) is 29.4 Å². The molecule has 0 radical (unpaired) electrons. The number of carbonyl (C=O) groups is 4. The molecule has 0 aliphatic carbocycles. The minimum atomic E-state index is -1.09. The van der Waals surface area contributed by atoms with Gasteiger partial charge in [0.05, 0.1) is 16.9 Å². The van der Waals surface area contributed by atoms with Crippen molar-refractivity contribution in [3.63, 3.8) is 0 Å². The quantitative estimate of drug-likeness (QED) is 0.0743. The fraction of sp³-hybridized carbons (Fsp3) is 0.167. The van der Waals surface area contributed by atoms with E-state index < -0.39 is 28.4 Å². The van der Waals surface area contributed by atoms with E-state index in [0.29, 0.717) is 16.9 Å². The number of benzene rings is 6. The molecule has 6 aromatic carbocycles. The Bertz CT molecular complexity index is 2240. The number of anilines is 2. The minimum absolute atomic E-state index is 0.0941. The zero-order valence-corrected chi connectivity index (χ0v) is 34.8. The van der Waals surface area contributed by atoms with Gasteiger partial charge in [0.15, 0.2) is 5.78 Å². The Morgan fingerprint density at radius 2 is 1.17 bits per heavy atom. The Kier molecular flexibility index (Phi) is 13.6. The van der Waals surface area contributed by atoms with Gasteiger partial charge in [-0.1, -0.05) is 149 Å². The van der Waals surface area contributed by atoms with Crippen LogP contribution in [0.15, 0.2) is 168 Å². The van der Waals surface area contributed by atoms with Crippen LogP contribution >= 0.6 is 27.7 Å². The summed E-state index contributed by atoms with van der Waals surface area (Å²) in [6.45, 7) is 5.27. The van der Waals surface area contributed by atoms with Crippen LogP contribution in [0.3, 0.4) is 0 Å². The van der Waals surface area contributed by atoms with Crippen molar-refractivity contribution in [1.82, 2.24) is 5.32 Å². The first kappa shape index (κ1) is 41.7. The van der Waals surface area contributed by atoms with Gasteiger partial charge in [-0.25, -0.2) is 4.79 Å². The van der Waals surface area contributed by atoms with Gasteiger partial charge >= 0.3 is 6.09 Å². The zero-order valence-electron chi connectivity index (χ0n) is 32.4.